The molecule has 1 unspecified atom stereocenters. The Morgan fingerprint density at radius 2 is 2.22 bits per heavy atom. The maximum atomic E-state index is 2.44. The van der Waals surface area contributed by atoms with Crippen LogP contribution in [0.15, 0.2) is 34.9 Å². The fourth-order valence-electron chi connectivity index (χ4n) is 1.97. The Morgan fingerprint density at radius 3 is 2.89 bits per heavy atom. The molecule has 0 heteroatoms. The Bertz CT molecular complexity index is 264. The minimum atomic E-state index is 0.817. The summed E-state index contributed by atoms with van der Waals surface area (Å²) in [6.45, 7) is 0. The molecule has 0 heterocycles. The van der Waals surface area contributed by atoms with E-state index in [0.717, 1.165) is 5.92 Å². The fraction of sp³-hybridized carbons (Fsp3) is 0.333. The van der Waals surface area contributed by atoms with Crippen LogP contribution < -0.4 is 0 Å². The second-order valence-electron chi connectivity index (χ2n) is 3.08. The second-order valence-corrected chi connectivity index (χ2v) is 3.08. The number of allylic oxidation sites excluding steroid dienone is 6. The van der Waals surface area contributed by atoms with Crippen molar-refractivity contribution in [3.63, 3.8) is 0 Å². The van der Waals surface area contributed by atoms with Gasteiger partial charge in [0.1, 0.15) is 0 Å². The van der Waals surface area contributed by atoms with Gasteiger partial charge in [-0.15, -0.1) is 0 Å². The largest absolute Gasteiger partial charge is 0.0732 e. The van der Waals surface area contributed by atoms with E-state index < -0.39 is 0 Å². The molecule has 9 heavy (non-hydrogen) atoms. The van der Waals surface area contributed by atoms with E-state index in [4.69, 9.17) is 0 Å². The van der Waals surface area contributed by atoms with Gasteiger partial charge in [0, 0.05) is 5.92 Å². The molecule has 0 nitrogen and oxygen atoms in total. The molecule has 4 rings (SSSR count). The highest BCUT2D eigenvalue weighted by Gasteiger charge is 2.30. The van der Waals surface area contributed by atoms with Gasteiger partial charge >= 0.3 is 0 Å². The summed E-state index contributed by atoms with van der Waals surface area (Å²) in [6, 6.07) is 0. The van der Waals surface area contributed by atoms with Gasteiger partial charge in [-0.3, -0.25) is 0 Å². The van der Waals surface area contributed by atoms with Crippen LogP contribution in [0.1, 0.15) is 12.8 Å². The molecule has 1 atom stereocenters. The summed E-state index contributed by atoms with van der Waals surface area (Å²) in [6.07, 6.45) is 9.82. The third-order valence-corrected chi connectivity index (χ3v) is 2.57. The molecule has 0 saturated heterocycles. The van der Waals surface area contributed by atoms with Gasteiger partial charge in [-0.2, -0.15) is 0 Å². The van der Waals surface area contributed by atoms with Crippen LogP contribution in [0.25, 0.3) is 0 Å². The molecule has 0 N–H and O–H groups in total. The molecule has 0 aliphatic heterocycles. The first kappa shape index (κ1) is 4.10. The van der Waals surface area contributed by atoms with Crippen molar-refractivity contribution in [2.75, 3.05) is 0 Å². The zero-order valence-corrected chi connectivity index (χ0v) is 5.22. The average molecular weight is 116 g/mol. The van der Waals surface area contributed by atoms with E-state index in [1.54, 1.807) is 11.1 Å². The van der Waals surface area contributed by atoms with Crippen molar-refractivity contribution in [2.45, 2.75) is 12.8 Å². The molecular formula is C9H8. The van der Waals surface area contributed by atoms with E-state index in [1.807, 2.05) is 0 Å². The fourth-order valence-corrected chi connectivity index (χ4v) is 1.97. The summed E-state index contributed by atoms with van der Waals surface area (Å²) in [5.41, 5.74) is 4.69. The van der Waals surface area contributed by atoms with E-state index in [1.165, 1.54) is 18.4 Å². The lowest BCUT2D eigenvalue weighted by atomic mass is 9.83. The van der Waals surface area contributed by atoms with Crippen LogP contribution in [-0.2, 0) is 0 Å². The van der Waals surface area contributed by atoms with Crippen molar-refractivity contribution in [2.24, 2.45) is 5.92 Å². The Balaban J connectivity index is 2.23. The Labute approximate surface area is 54.6 Å². The predicted octanol–water partition coefficient (Wildman–Crippen LogP) is 2.20. The van der Waals surface area contributed by atoms with Gasteiger partial charge in [0.25, 0.3) is 0 Å². The molecular weight excluding hydrogens is 108 g/mol. The first-order chi connectivity index (χ1) is 4.43. The number of rotatable bonds is 0. The van der Waals surface area contributed by atoms with Crippen molar-refractivity contribution in [1.82, 2.24) is 0 Å². The first-order valence-corrected chi connectivity index (χ1v) is 3.58. The van der Waals surface area contributed by atoms with Gasteiger partial charge in [-0.1, -0.05) is 18.2 Å². The lowest BCUT2D eigenvalue weighted by Crippen LogP contribution is -2.06. The molecule has 4 aliphatic carbocycles. The van der Waals surface area contributed by atoms with Crippen molar-refractivity contribution in [3.05, 3.63) is 34.9 Å². The highest BCUT2D eigenvalue weighted by molar-refractivity contribution is 5.62. The summed E-state index contributed by atoms with van der Waals surface area (Å²) >= 11 is 0. The van der Waals surface area contributed by atoms with Gasteiger partial charge in [0.2, 0.25) is 0 Å². The minimum Gasteiger partial charge on any atom is -0.0732 e. The Kier molecular flexibility index (Phi) is 0.484. The van der Waals surface area contributed by atoms with Gasteiger partial charge < -0.3 is 0 Å². The van der Waals surface area contributed by atoms with E-state index in [9.17, 15) is 0 Å². The molecule has 0 aromatic rings. The van der Waals surface area contributed by atoms with Gasteiger partial charge in [0.15, 0.2) is 0 Å². The molecule has 44 valence electrons. The van der Waals surface area contributed by atoms with Crippen LogP contribution in [0.3, 0.4) is 0 Å². The van der Waals surface area contributed by atoms with Crippen LogP contribution in [0.4, 0.5) is 0 Å². The van der Waals surface area contributed by atoms with E-state index in [2.05, 4.69) is 18.2 Å². The molecule has 4 bridgehead atoms. The van der Waals surface area contributed by atoms with Crippen molar-refractivity contribution < 1.29 is 0 Å². The second kappa shape index (κ2) is 1.06. The SMILES string of the molecule is C1=C2C=C1C1C=C2CC1. The molecule has 0 saturated carbocycles. The van der Waals surface area contributed by atoms with Crippen molar-refractivity contribution >= 4 is 0 Å². The van der Waals surface area contributed by atoms with E-state index in [0.29, 0.717) is 0 Å². The third-order valence-electron chi connectivity index (χ3n) is 2.57. The summed E-state index contributed by atoms with van der Waals surface area (Å²) in [7, 11) is 0. The van der Waals surface area contributed by atoms with E-state index in [-0.39, 0.29) is 0 Å². The molecule has 0 spiro atoms. The van der Waals surface area contributed by atoms with Crippen LogP contribution in [0.2, 0.25) is 0 Å². The zero-order valence-electron chi connectivity index (χ0n) is 5.22. The molecule has 0 amide bonds. The monoisotopic (exact) mass is 116 g/mol. The lowest BCUT2D eigenvalue weighted by molar-refractivity contribution is 0.746. The van der Waals surface area contributed by atoms with Crippen LogP contribution in [0, 0.1) is 5.92 Å². The van der Waals surface area contributed by atoms with Gasteiger partial charge in [0.05, 0.1) is 0 Å². The summed E-state index contributed by atoms with van der Waals surface area (Å²) in [5.74, 6) is 0.817. The molecule has 0 aromatic heterocycles. The highest BCUT2D eigenvalue weighted by Crippen LogP contribution is 2.46. The van der Waals surface area contributed by atoms with Crippen molar-refractivity contribution in [1.29, 1.82) is 0 Å². The van der Waals surface area contributed by atoms with Gasteiger partial charge in [-0.25, -0.2) is 0 Å². The standard InChI is InChI=1S/C9H8/c1-2-7-3-6(1)8-4-9(7)5-8/h3-6H,1-2H2. The average Bonchev–Trinajstić information content (AvgIpc) is 2.06. The molecule has 0 fully saturated rings. The summed E-state index contributed by atoms with van der Waals surface area (Å²) < 4.78 is 0. The summed E-state index contributed by atoms with van der Waals surface area (Å²) in [5, 5.41) is 0. The van der Waals surface area contributed by atoms with Crippen molar-refractivity contribution in [3.8, 4) is 0 Å². The van der Waals surface area contributed by atoms with Crippen LogP contribution in [0.5, 0.6) is 0 Å². The Hall–Kier alpha value is -0.780. The molecule has 4 aliphatic rings. The Morgan fingerprint density at radius 1 is 1.33 bits per heavy atom. The lowest BCUT2D eigenvalue weighted by Gasteiger charge is -2.22. The molecule has 0 aromatic carbocycles. The zero-order chi connectivity index (χ0) is 5.84. The highest BCUT2D eigenvalue weighted by atomic mass is 14.3. The maximum Gasteiger partial charge on any atom is 0.00276 e. The number of hydrogen-bond donors (Lipinski definition) is 0. The predicted molar refractivity (Wildman–Crippen MR) is 37.0 cm³/mol. The smallest absolute Gasteiger partial charge is 0.00276 e. The quantitative estimate of drug-likeness (QED) is 0.455. The van der Waals surface area contributed by atoms with Gasteiger partial charge in [-0.05, 0) is 29.6 Å². The third kappa shape index (κ3) is 0.335. The van der Waals surface area contributed by atoms with Crippen LogP contribution in [-0.4, -0.2) is 0 Å². The maximum absolute atomic E-state index is 2.44. The minimum absolute atomic E-state index is 0.817. The normalized spacial score (nSPS) is 34.7. The summed E-state index contributed by atoms with van der Waals surface area (Å²) in [4.78, 5) is 0. The first-order valence-electron chi connectivity index (χ1n) is 3.58. The van der Waals surface area contributed by atoms with Crippen LogP contribution >= 0.6 is 0 Å². The number of hydrogen-bond acceptors (Lipinski definition) is 0. The molecule has 0 radical (unpaired) electrons. The topological polar surface area (TPSA) is 0 Å². The van der Waals surface area contributed by atoms with E-state index >= 15 is 0 Å².